The van der Waals surface area contributed by atoms with E-state index in [1.807, 2.05) is 36.5 Å². The van der Waals surface area contributed by atoms with Crippen molar-refractivity contribution in [1.29, 1.82) is 0 Å². The van der Waals surface area contributed by atoms with Crippen molar-refractivity contribution in [3.63, 3.8) is 0 Å². The predicted octanol–water partition coefficient (Wildman–Crippen LogP) is 5.60. The van der Waals surface area contributed by atoms with Crippen LogP contribution < -0.4 is 9.64 Å². The fourth-order valence-corrected chi connectivity index (χ4v) is 3.87. The Morgan fingerprint density at radius 1 is 1.00 bits per heavy atom. The van der Waals surface area contributed by atoms with E-state index in [1.54, 1.807) is 12.1 Å². The summed E-state index contributed by atoms with van der Waals surface area (Å²) in [4.78, 5) is 6.91. The highest BCUT2D eigenvalue weighted by atomic mass is 127. The maximum Gasteiger partial charge on any atom is 0.133 e. The molecule has 0 bridgehead atoms. The molecule has 3 aromatic rings. The summed E-state index contributed by atoms with van der Waals surface area (Å²) in [6.45, 7) is 3.82. The lowest BCUT2D eigenvalue weighted by Crippen LogP contribution is -2.36. The summed E-state index contributed by atoms with van der Waals surface area (Å²) in [5.41, 5.74) is 4.05. The molecule has 0 aromatic heterocycles. The van der Waals surface area contributed by atoms with E-state index in [9.17, 15) is 4.39 Å². The standard InChI is InChI=1S/C24H22FIN2O2/c25-20-4-1-18(2-5-20)17-30-24-10-3-19(15-23(24)26)16-27-21-6-8-22(9-7-21)28-11-13-29-14-12-28/h1-10,15-16H,11-14,17H2. The van der Waals surface area contributed by atoms with Crippen LogP contribution in [0.5, 0.6) is 5.75 Å². The van der Waals surface area contributed by atoms with Gasteiger partial charge in [-0.05, 0) is 88.3 Å². The van der Waals surface area contributed by atoms with Crippen LogP contribution in [-0.4, -0.2) is 32.5 Å². The first-order chi connectivity index (χ1) is 14.7. The minimum absolute atomic E-state index is 0.243. The number of nitrogens with zero attached hydrogens (tertiary/aromatic N) is 2. The molecule has 3 aromatic carbocycles. The average Bonchev–Trinajstić information content (AvgIpc) is 2.79. The molecule has 0 saturated carbocycles. The van der Waals surface area contributed by atoms with Gasteiger partial charge >= 0.3 is 0 Å². The lowest BCUT2D eigenvalue weighted by molar-refractivity contribution is 0.122. The van der Waals surface area contributed by atoms with Gasteiger partial charge in [0.25, 0.3) is 0 Å². The van der Waals surface area contributed by atoms with Gasteiger partial charge < -0.3 is 14.4 Å². The number of rotatable bonds is 6. The summed E-state index contributed by atoms with van der Waals surface area (Å²) >= 11 is 2.26. The van der Waals surface area contributed by atoms with Crippen LogP contribution in [0, 0.1) is 9.39 Å². The van der Waals surface area contributed by atoms with Crippen molar-refractivity contribution in [1.82, 2.24) is 0 Å². The van der Waals surface area contributed by atoms with Crippen molar-refractivity contribution in [2.45, 2.75) is 6.61 Å². The topological polar surface area (TPSA) is 34.1 Å². The third kappa shape index (κ3) is 5.58. The minimum atomic E-state index is -0.243. The van der Waals surface area contributed by atoms with Crippen molar-refractivity contribution in [3.05, 3.63) is 87.2 Å². The predicted molar refractivity (Wildman–Crippen MR) is 127 cm³/mol. The SMILES string of the molecule is Fc1ccc(COc2ccc(C=Nc3ccc(N4CCOCC4)cc3)cc2I)cc1. The second kappa shape index (κ2) is 10.0. The summed E-state index contributed by atoms with van der Waals surface area (Å²) in [7, 11) is 0. The van der Waals surface area contributed by atoms with Gasteiger partial charge in [-0.2, -0.15) is 0 Å². The number of halogens is 2. The van der Waals surface area contributed by atoms with Gasteiger partial charge in [-0.15, -0.1) is 0 Å². The third-order valence-electron chi connectivity index (χ3n) is 4.85. The maximum absolute atomic E-state index is 13.0. The fraction of sp³-hybridized carbons (Fsp3) is 0.208. The van der Waals surface area contributed by atoms with Crippen LogP contribution in [-0.2, 0) is 11.3 Å². The van der Waals surface area contributed by atoms with E-state index in [-0.39, 0.29) is 5.82 Å². The molecular formula is C24H22FIN2O2. The van der Waals surface area contributed by atoms with Crippen LogP contribution in [0.4, 0.5) is 15.8 Å². The highest BCUT2D eigenvalue weighted by Crippen LogP contribution is 2.24. The molecular weight excluding hydrogens is 494 g/mol. The van der Waals surface area contributed by atoms with Gasteiger partial charge in [-0.3, -0.25) is 4.99 Å². The fourth-order valence-electron chi connectivity index (χ4n) is 3.18. The van der Waals surface area contributed by atoms with Crippen molar-refractivity contribution >= 4 is 40.2 Å². The van der Waals surface area contributed by atoms with Gasteiger partial charge in [-0.1, -0.05) is 12.1 Å². The van der Waals surface area contributed by atoms with Crippen molar-refractivity contribution < 1.29 is 13.9 Å². The monoisotopic (exact) mass is 516 g/mol. The molecule has 0 aliphatic carbocycles. The lowest BCUT2D eigenvalue weighted by Gasteiger charge is -2.28. The Hall–Kier alpha value is -2.45. The van der Waals surface area contributed by atoms with Crippen LogP contribution in [0.3, 0.4) is 0 Å². The molecule has 4 nitrogen and oxygen atoms in total. The van der Waals surface area contributed by atoms with Crippen LogP contribution in [0.15, 0.2) is 71.7 Å². The first kappa shape index (κ1) is 20.8. The van der Waals surface area contributed by atoms with E-state index in [0.717, 1.165) is 52.4 Å². The number of hydrogen-bond acceptors (Lipinski definition) is 4. The number of morpholine rings is 1. The number of aliphatic imine (C=N–C) groups is 1. The van der Waals surface area contributed by atoms with Crippen molar-refractivity contribution in [2.24, 2.45) is 4.99 Å². The molecule has 0 atom stereocenters. The number of ether oxygens (including phenoxy) is 2. The molecule has 1 fully saturated rings. The zero-order valence-corrected chi connectivity index (χ0v) is 18.6. The number of hydrogen-bond donors (Lipinski definition) is 0. The Kier molecular flexibility index (Phi) is 6.96. The van der Waals surface area contributed by atoms with E-state index < -0.39 is 0 Å². The van der Waals surface area contributed by atoms with Crippen molar-refractivity contribution in [2.75, 3.05) is 31.2 Å². The summed E-state index contributed by atoms with van der Waals surface area (Å²) in [5.74, 6) is 0.555. The molecule has 1 aliphatic heterocycles. The molecule has 6 heteroatoms. The molecule has 0 N–H and O–H groups in total. The van der Waals surface area contributed by atoms with E-state index in [2.05, 4.69) is 44.6 Å². The van der Waals surface area contributed by atoms with Crippen LogP contribution in [0.1, 0.15) is 11.1 Å². The first-order valence-electron chi connectivity index (χ1n) is 9.81. The summed E-state index contributed by atoms with van der Waals surface area (Å²) < 4.78 is 25.3. The van der Waals surface area contributed by atoms with Gasteiger partial charge in [0.1, 0.15) is 18.2 Å². The second-order valence-electron chi connectivity index (χ2n) is 6.98. The Balaban J connectivity index is 1.36. The minimum Gasteiger partial charge on any atom is -0.488 e. The van der Waals surface area contributed by atoms with E-state index in [1.165, 1.54) is 17.8 Å². The zero-order valence-electron chi connectivity index (χ0n) is 16.4. The van der Waals surface area contributed by atoms with E-state index in [0.29, 0.717) is 6.61 Å². The Morgan fingerprint density at radius 2 is 1.73 bits per heavy atom. The van der Waals surface area contributed by atoms with Gasteiger partial charge in [0.05, 0.1) is 22.5 Å². The van der Waals surface area contributed by atoms with Gasteiger partial charge in [0.15, 0.2) is 0 Å². The van der Waals surface area contributed by atoms with E-state index >= 15 is 0 Å². The Bertz CT molecular complexity index is 1000. The van der Waals surface area contributed by atoms with Crippen molar-refractivity contribution in [3.8, 4) is 5.75 Å². The molecule has 1 heterocycles. The first-order valence-corrected chi connectivity index (χ1v) is 10.9. The summed E-state index contributed by atoms with van der Waals surface area (Å²) in [6.07, 6.45) is 1.86. The Labute approximate surface area is 189 Å². The molecule has 1 aliphatic rings. The van der Waals surface area contributed by atoms with Gasteiger partial charge in [0.2, 0.25) is 0 Å². The molecule has 0 radical (unpaired) electrons. The highest BCUT2D eigenvalue weighted by Gasteiger charge is 2.10. The molecule has 4 rings (SSSR count). The number of anilines is 1. The van der Waals surface area contributed by atoms with Crippen LogP contribution in [0.25, 0.3) is 0 Å². The smallest absolute Gasteiger partial charge is 0.133 e. The summed E-state index contributed by atoms with van der Waals surface area (Å²) in [6, 6.07) is 20.6. The molecule has 0 amide bonds. The largest absolute Gasteiger partial charge is 0.488 e. The average molecular weight is 516 g/mol. The molecule has 0 spiro atoms. The molecule has 30 heavy (non-hydrogen) atoms. The Morgan fingerprint density at radius 3 is 2.43 bits per heavy atom. The normalized spacial score (nSPS) is 14.3. The highest BCUT2D eigenvalue weighted by molar-refractivity contribution is 14.1. The van der Waals surface area contributed by atoms with Crippen LogP contribution >= 0.6 is 22.6 Å². The third-order valence-corrected chi connectivity index (χ3v) is 5.70. The maximum atomic E-state index is 13.0. The van der Waals surface area contributed by atoms with E-state index in [4.69, 9.17) is 9.47 Å². The quantitative estimate of drug-likeness (QED) is 0.316. The van der Waals surface area contributed by atoms with Crippen LogP contribution in [0.2, 0.25) is 0 Å². The lowest BCUT2D eigenvalue weighted by atomic mass is 10.2. The van der Waals surface area contributed by atoms with Gasteiger partial charge in [0, 0.05) is 25.0 Å². The number of benzene rings is 3. The second-order valence-corrected chi connectivity index (χ2v) is 8.14. The summed E-state index contributed by atoms with van der Waals surface area (Å²) in [5, 5.41) is 0. The van der Waals surface area contributed by atoms with Gasteiger partial charge in [-0.25, -0.2) is 4.39 Å². The zero-order chi connectivity index (χ0) is 20.8. The molecule has 0 unspecified atom stereocenters. The molecule has 1 saturated heterocycles. The molecule has 154 valence electrons.